The van der Waals surface area contributed by atoms with E-state index in [1.807, 2.05) is 19.3 Å². The Hall–Kier alpha value is -2.05. The Kier molecular flexibility index (Phi) is 5.60. The molecular formula is C19H30N6. The largest absolute Gasteiger partial charge is 0.400 e. The van der Waals surface area contributed by atoms with Crippen molar-refractivity contribution in [1.29, 1.82) is 0 Å². The van der Waals surface area contributed by atoms with Gasteiger partial charge in [-0.25, -0.2) is 10.8 Å². The van der Waals surface area contributed by atoms with E-state index in [0.717, 1.165) is 22.8 Å². The second-order valence-corrected chi connectivity index (χ2v) is 7.06. The Bertz CT molecular complexity index is 678. The van der Waals surface area contributed by atoms with Crippen molar-refractivity contribution in [1.82, 2.24) is 15.3 Å². The average molecular weight is 342 g/mol. The lowest BCUT2D eigenvalue weighted by molar-refractivity contribution is 0.397. The first-order valence-electron chi connectivity index (χ1n) is 9.21. The average Bonchev–Trinajstić information content (AvgIpc) is 3.10. The SMILES string of the molecule is CNC1CC=C1C.N/C(=C1/c2cc[nH]c2N=CN1N)C1CCCCC1. The summed E-state index contributed by atoms with van der Waals surface area (Å²) in [6, 6.07) is 2.68. The second-order valence-electron chi connectivity index (χ2n) is 7.06. The fraction of sp³-hybridized carbons (Fsp3) is 0.526. The standard InChI is InChI=1S/C13H19N5.C6H11N/c14-11(9-4-2-1-3-5-9)12-10-6-7-16-13(10)17-8-18(12)15;1-5-3-4-6(5)7-2/h6-9,16H,1-5,14-15H2;3,6-7H,4H2,1-2H3/b12-11-;. The highest BCUT2D eigenvalue weighted by Crippen LogP contribution is 2.36. The molecule has 0 amide bonds. The van der Waals surface area contributed by atoms with Crippen LogP contribution in [0.2, 0.25) is 0 Å². The van der Waals surface area contributed by atoms with Gasteiger partial charge in [-0.3, -0.25) is 5.01 Å². The third kappa shape index (κ3) is 3.80. The van der Waals surface area contributed by atoms with Crippen LogP contribution in [0, 0.1) is 5.92 Å². The van der Waals surface area contributed by atoms with Crippen LogP contribution in [0.5, 0.6) is 0 Å². The monoisotopic (exact) mass is 342 g/mol. The molecule has 0 spiro atoms. The molecule has 0 aromatic carbocycles. The minimum absolute atomic E-state index is 0.453. The Morgan fingerprint density at radius 3 is 2.64 bits per heavy atom. The van der Waals surface area contributed by atoms with Gasteiger partial charge in [0.2, 0.25) is 0 Å². The Balaban J connectivity index is 0.000000219. The predicted octanol–water partition coefficient (Wildman–Crippen LogP) is 3.00. The van der Waals surface area contributed by atoms with Crippen LogP contribution in [0.15, 0.2) is 34.6 Å². The summed E-state index contributed by atoms with van der Waals surface area (Å²) in [5.41, 5.74) is 10.7. The zero-order chi connectivity index (χ0) is 17.8. The number of hydrazine groups is 1. The van der Waals surface area contributed by atoms with Gasteiger partial charge in [-0.2, -0.15) is 0 Å². The van der Waals surface area contributed by atoms with Crippen LogP contribution in [0.4, 0.5) is 5.82 Å². The number of nitrogens with one attached hydrogen (secondary N) is 2. The molecule has 6 heteroatoms. The lowest BCUT2D eigenvalue weighted by Gasteiger charge is -2.28. The van der Waals surface area contributed by atoms with Gasteiger partial charge < -0.3 is 16.0 Å². The molecule has 0 radical (unpaired) electrons. The number of nitrogens with two attached hydrogens (primary N) is 2. The molecule has 136 valence electrons. The lowest BCUT2D eigenvalue weighted by Crippen LogP contribution is -2.33. The minimum atomic E-state index is 0.453. The quantitative estimate of drug-likeness (QED) is 0.491. The zero-order valence-corrected chi connectivity index (χ0v) is 15.3. The van der Waals surface area contributed by atoms with Crippen molar-refractivity contribution in [3.05, 3.63) is 35.2 Å². The number of likely N-dealkylation sites (N-methyl/N-ethyl adjacent to an activating group) is 1. The second kappa shape index (κ2) is 7.89. The topological polar surface area (TPSA) is 95.5 Å². The van der Waals surface area contributed by atoms with E-state index in [0.29, 0.717) is 12.0 Å². The molecule has 1 atom stereocenters. The molecule has 1 fully saturated rings. The van der Waals surface area contributed by atoms with E-state index < -0.39 is 0 Å². The van der Waals surface area contributed by atoms with Gasteiger partial charge >= 0.3 is 0 Å². The molecule has 2 heterocycles. The fourth-order valence-electron chi connectivity index (χ4n) is 3.70. The summed E-state index contributed by atoms with van der Waals surface area (Å²) in [6.45, 7) is 2.16. The van der Waals surface area contributed by atoms with E-state index in [9.17, 15) is 0 Å². The highest BCUT2D eigenvalue weighted by Gasteiger charge is 2.25. The third-order valence-electron chi connectivity index (χ3n) is 5.44. The third-order valence-corrected chi connectivity index (χ3v) is 5.44. The van der Waals surface area contributed by atoms with Crippen molar-refractivity contribution in [2.45, 2.75) is 51.5 Å². The van der Waals surface area contributed by atoms with Crippen molar-refractivity contribution < 1.29 is 0 Å². The number of rotatable bonds is 2. The summed E-state index contributed by atoms with van der Waals surface area (Å²) in [5, 5.41) is 4.72. The summed E-state index contributed by atoms with van der Waals surface area (Å²) in [6.07, 6.45) is 13.1. The van der Waals surface area contributed by atoms with Crippen LogP contribution in [-0.2, 0) is 0 Å². The van der Waals surface area contributed by atoms with Crippen molar-refractivity contribution >= 4 is 17.9 Å². The number of aromatic amines is 1. The van der Waals surface area contributed by atoms with Crippen LogP contribution >= 0.6 is 0 Å². The summed E-state index contributed by atoms with van der Waals surface area (Å²) in [4.78, 5) is 7.34. The normalized spacial score (nSPS) is 24.7. The smallest absolute Gasteiger partial charge is 0.141 e. The van der Waals surface area contributed by atoms with Gasteiger partial charge in [0.15, 0.2) is 0 Å². The molecule has 1 aromatic rings. The van der Waals surface area contributed by atoms with E-state index in [1.54, 1.807) is 11.3 Å². The molecular weight excluding hydrogens is 312 g/mol. The van der Waals surface area contributed by atoms with E-state index in [1.165, 1.54) is 44.1 Å². The van der Waals surface area contributed by atoms with Crippen molar-refractivity contribution in [3.8, 4) is 0 Å². The Morgan fingerprint density at radius 1 is 1.32 bits per heavy atom. The van der Waals surface area contributed by atoms with Crippen LogP contribution in [0.1, 0.15) is 51.0 Å². The van der Waals surface area contributed by atoms with Crippen molar-refractivity contribution in [2.75, 3.05) is 7.05 Å². The summed E-state index contributed by atoms with van der Waals surface area (Å²) < 4.78 is 0. The lowest BCUT2D eigenvalue weighted by atomic mass is 9.85. The van der Waals surface area contributed by atoms with Crippen molar-refractivity contribution in [3.63, 3.8) is 0 Å². The summed E-state index contributed by atoms with van der Waals surface area (Å²) in [5.74, 6) is 7.28. The maximum absolute atomic E-state index is 6.37. The molecule has 4 rings (SSSR count). The molecule has 1 unspecified atom stereocenters. The molecule has 25 heavy (non-hydrogen) atoms. The first-order valence-corrected chi connectivity index (χ1v) is 9.21. The highest BCUT2D eigenvalue weighted by atomic mass is 15.4. The van der Waals surface area contributed by atoms with Gasteiger partial charge in [0.1, 0.15) is 12.2 Å². The Morgan fingerprint density at radius 2 is 2.08 bits per heavy atom. The first kappa shape index (κ1) is 17.8. The minimum Gasteiger partial charge on any atom is -0.400 e. The number of fused-ring (bicyclic) bond motifs is 1. The molecule has 3 aliphatic rings. The van der Waals surface area contributed by atoms with E-state index >= 15 is 0 Å². The number of allylic oxidation sites excluding steroid dienone is 1. The van der Waals surface area contributed by atoms with Crippen LogP contribution in [-0.4, -0.2) is 29.4 Å². The molecule has 1 saturated carbocycles. The fourth-order valence-corrected chi connectivity index (χ4v) is 3.70. The van der Waals surface area contributed by atoms with Crippen LogP contribution in [0.25, 0.3) is 5.70 Å². The van der Waals surface area contributed by atoms with Gasteiger partial charge in [-0.1, -0.05) is 30.9 Å². The summed E-state index contributed by atoms with van der Waals surface area (Å²) in [7, 11) is 2.00. The first-order chi connectivity index (χ1) is 12.1. The predicted molar refractivity (Wildman–Crippen MR) is 104 cm³/mol. The van der Waals surface area contributed by atoms with Gasteiger partial charge in [0, 0.05) is 29.4 Å². The maximum atomic E-state index is 6.37. The van der Waals surface area contributed by atoms with Crippen LogP contribution < -0.4 is 16.9 Å². The maximum Gasteiger partial charge on any atom is 0.141 e. The Labute approximate surface area is 150 Å². The van der Waals surface area contributed by atoms with E-state index in [-0.39, 0.29) is 0 Å². The number of H-pyrrole nitrogens is 1. The highest BCUT2D eigenvalue weighted by molar-refractivity contribution is 5.86. The molecule has 6 N–H and O–H groups in total. The molecule has 6 nitrogen and oxygen atoms in total. The molecule has 1 aliphatic heterocycles. The van der Waals surface area contributed by atoms with Crippen molar-refractivity contribution in [2.24, 2.45) is 22.5 Å². The van der Waals surface area contributed by atoms with Crippen LogP contribution in [0.3, 0.4) is 0 Å². The van der Waals surface area contributed by atoms with E-state index in [2.05, 4.69) is 28.3 Å². The number of aliphatic imine (C=N–C) groups is 1. The molecule has 0 saturated heterocycles. The molecule has 1 aromatic heterocycles. The number of hydrogen-bond acceptors (Lipinski definition) is 5. The summed E-state index contributed by atoms with van der Waals surface area (Å²) >= 11 is 0. The van der Waals surface area contributed by atoms with Gasteiger partial charge in [0.25, 0.3) is 0 Å². The number of aromatic nitrogens is 1. The van der Waals surface area contributed by atoms with Gasteiger partial charge in [-0.15, -0.1) is 0 Å². The zero-order valence-electron chi connectivity index (χ0n) is 15.3. The molecule has 2 aliphatic carbocycles. The number of hydrogen-bond donors (Lipinski definition) is 4. The van der Waals surface area contributed by atoms with Gasteiger partial charge in [0.05, 0.1) is 5.70 Å². The molecule has 0 bridgehead atoms. The van der Waals surface area contributed by atoms with E-state index in [4.69, 9.17) is 11.6 Å². The number of nitrogens with zero attached hydrogens (tertiary/aromatic N) is 2. The van der Waals surface area contributed by atoms with Gasteiger partial charge in [-0.05, 0) is 39.3 Å².